The zero-order valence-electron chi connectivity index (χ0n) is 13.3. The molecule has 2 rings (SSSR count). The summed E-state index contributed by atoms with van der Waals surface area (Å²) in [4.78, 5) is 2.58. The summed E-state index contributed by atoms with van der Waals surface area (Å²) < 4.78 is 0. The highest BCUT2D eigenvalue weighted by Gasteiger charge is 2.16. The van der Waals surface area contributed by atoms with Crippen molar-refractivity contribution in [3.63, 3.8) is 0 Å². The van der Waals surface area contributed by atoms with E-state index in [1.807, 2.05) is 0 Å². The molecule has 2 nitrogen and oxygen atoms in total. The van der Waals surface area contributed by atoms with E-state index >= 15 is 0 Å². The van der Waals surface area contributed by atoms with Gasteiger partial charge in [0.15, 0.2) is 0 Å². The molecule has 1 atom stereocenters. The van der Waals surface area contributed by atoms with Crippen molar-refractivity contribution in [2.24, 2.45) is 0 Å². The molecule has 1 saturated heterocycles. The van der Waals surface area contributed by atoms with Crippen LogP contribution in [0.3, 0.4) is 0 Å². The van der Waals surface area contributed by atoms with Gasteiger partial charge in [-0.1, -0.05) is 31.2 Å². The maximum absolute atomic E-state index is 3.56. The van der Waals surface area contributed by atoms with E-state index in [4.69, 9.17) is 0 Å². The van der Waals surface area contributed by atoms with E-state index in [0.29, 0.717) is 0 Å². The summed E-state index contributed by atoms with van der Waals surface area (Å²) in [5.74, 6) is 1.27. The number of benzene rings is 1. The minimum atomic E-state index is 0.176. The highest BCUT2D eigenvalue weighted by atomic mass is 32.2. The molecule has 1 aromatic carbocycles. The molecule has 0 saturated carbocycles. The molecule has 0 bridgehead atoms. The van der Waals surface area contributed by atoms with Crippen LogP contribution < -0.4 is 5.32 Å². The van der Waals surface area contributed by atoms with Crippen LogP contribution in [0.15, 0.2) is 24.3 Å². The third kappa shape index (κ3) is 5.47. The van der Waals surface area contributed by atoms with E-state index in [9.17, 15) is 0 Å². The summed E-state index contributed by atoms with van der Waals surface area (Å²) in [6.07, 6.45) is 0. The van der Waals surface area contributed by atoms with Crippen molar-refractivity contribution in [1.29, 1.82) is 0 Å². The Morgan fingerprint density at radius 1 is 1.30 bits per heavy atom. The molecule has 112 valence electrons. The van der Waals surface area contributed by atoms with Crippen molar-refractivity contribution in [2.45, 2.75) is 51.6 Å². The maximum atomic E-state index is 3.56. The quantitative estimate of drug-likeness (QED) is 0.914. The second-order valence-electron chi connectivity index (χ2n) is 6.84. The molecule has 1 aromatic rings. The van der Waals surface area contributed by atoms with Crippen LogP contribution in [0.4, 0.5) is 0 Å². The van der Waals surface area contributed by atoms with Crippen LogP contribution in [-0.2, 0) is 13.1 Å². The van der Waals surface area contributed by atoms with Crippen LogP contribution in [-0.4, -0.2) is 34.5 Å². The molecule has 0 radical (unpaired) electrons. The predicted molar refractivity (Wildman–Crippen MR) is 90.2 cm³/mol. The summed E-state index contributed by atoms with van der Waals surface area (Å²) in [5, 5.41) is 4.33. The second-order valence-corrected chi connectivity index (χ2v) is 8.39. The minimum Gasteiger partial charge on any atom is -0.308 e. The maximum Gasteiger partial charge on any atom is 0.0234 e. The Balaban J connectivity index is 1.92. The third-order valence-corrected chi connectivity index (χ3v) is 4.68. The largest absolute Gasteiger partial charge is 0.308 e. The average Bonchev–Trinajstić information content (AvgIpc) is 2.36. The SMILES string of the molecule is CC1CN(Cc2cccc(CNC(C)(C)C)c2)CCS1. The van der Waals surface area contributed by atoms with E-state index in [0.717, 1.165) is 18.3 Å². The molecule has 0 aromatic heterocycles. The number of nitrogens with one attached hydrogen (secondary N) is 1. The molecule has 3 heteroatoms. The molecule has 0 aliphatic carbocycles. The summed E-state index contributed by atoms with van der Waals surface area (Å²) in [5.41, 5.74) is 3.00. The van der Waals surface area contributed by atoms with Gasteiger partial charge in [0.1, 0.15) is 0 Å². The summed E-state index contributed by atoms with van der Waals surface area (Å²) in [6, 6.07) is 9.02. The van der Waals surface area contributed by atoms with Gasteiger partial charge in [0.2, 0.25) is 0 Å². The van der Waals surface area contributed by atoms with E-state index in [1.165, 1.54) is 30.0 Å². The van der Waals surface area contributed by atoms with Gasteiger partial charge in [0.05, 0.1) is 0 Å². The Kier molecular flexibility index (Phi) is 5.53. The zero-order chi connectivity index (χ0) is 14.6. The smallest absolute Gasteiger partial charge is 0.0234 e. The average molecular weight is 292 g/mol. The number of rotatable bonds is 4. The van der Waals surface area contributed by atoms with Crippen molar-refractivity contribution in [3.8, 4) is 0 Å². The standard InChI is InChI=1S/C17H28N2S/c1-14-12-19(8-9-20-14)13-16-7-5-6-15(10-16)11-18-17(2,3)4/h5-7,10,14,18H,8-9,11-13H2,1-4H3. The van der Waals surface area contributed by atoms with Crippen molar-refractivity contribution in [2.75, 3.05) is 18.8 Å². The topological polar surface area (TPSA) is 15.3 Å². The predicted octanol–water partition coefficient (Wildman–Crippen LogP) is 3.51. The van der Waals surface area contributed by atoms with Gasteiger partial charge in [-0.15, -0.1) is 0 Å². The molecule has 1 aliphatic rings. The van der Waals surface area contributed by atoms with Crippen LogP contribution in [0.25, 0.3) is 0 Å². The molecule has 1 fully saturated rings. The fourth-order valence-electron chi connectivity index (χ4n) is 2.50. The Morgan fingerprint density at radius 3 is 2.75 bits per heavy atom. The number of hydrogen-bond donors (Lipinski definition) is 1. The molecule has 20 heavy (non-hydrogen) atoms. The van der Waals surface area contributed by atoms with Gasteiger partial charge in [-0.2, -0.15) is 11.8 Å². The summed E-state index contributed by atoms with van der Waals surface area (Å²) in [6.45, 7) is 13.4. The Labute approximate surface area is 128 Å². The van der Waals surface area contributed by atoms with E-state index in [2.05, 4.69) is 73.9 Å². The van der Waals surface area contributed by atoms with Gasteiger partial charge >= 0.3 is 0 Å². The van der Waals surface area contributed by atoms with Crippen LogP contribution in [0.5, 0.6) is 0 Å². The van der Waals surface area contributed by atoms with E-state index < -0.39 is 0 Å². The highest BCUT2D eigenvalue weighted by molar-refractivity contribution is 7.99. The molecule has 1 aliphatic heterocycles. The van der Waals surface area contributed by atoms with Gasteiger partial charge in [0.25, 0.3) is 0 Å². The van der Waals surface area contributed by atoms with Crippen LogP contribution >= 0.6 is 11.8 Å². The number of hydrogen-bond acceptors (Lipinski definition) is 3. The van der Waals surface area contributed by atoms with Crippen LogP contribution in [0.2, 0.25) is 0 Å². The Bertz CT molecular complexity index is 425. The van der Waals surface area contributed by atoms with E-state index in [1.54, 1.807) is 0 Å². The molecule has 1 heterocycles. The monoisotopic (exact) mass is 292 g/mol. The van der Waals surface area contributed by atoms with Gasteiger partial charge in [0, 0.05) is 42.7 Å². The molecule has 1 unspecified atom stereocenters. The number of nitrogens with zero attached hydrogens (tertiary/aromatic N) is 1. The highest BCUT2D eigenvalue weighted by Crippen LogP contribution is 2.19. The number of thioether (sulfide) groups is 1. The Morgan fingerprint density at radius 2 is 2.05 bits per heavy atom. The first-order valence-corrected chi connectivity index (χ1v) is 8.64. The van der Waals surface area contributed by atoms with Crippen LogP contribution in [0, 0.1) is 0 Å². The first-order valence-electron chi connectivity index (χ1n) is 7.59. The third-order valence-electron chi connectivity index (χ3n) is 3.55. The lowest BCUT2D eigenvalue weighted by atomic mass is 10.1. The summed E-state index contributed by atoms with van der Waals surface area (Å²) >= 11 is 2.09. The molecule has 0 spiro atoms. The lowest BCUT2D eigenvalue weighted by molar-refractivity contribution is 0.278. The lowest BCUT2D eigenvalue weighted by Gasteiger charge is -2.30. The van der Waals surface area contributed by atoms with Crippen molar-refractivity contribution < 1.29 is 0 Å². The molecular formula is C17H28N2S. The second kappa shape index (κ2) is 6.97. The normalized spacial score (nSPS) is 21.1. The van der Waals surface area contributed by atoms with Crippen molar-refractivity contribution in [1.82, 2.24) is 10.2 Å². The fourth-order valence-corrected chi connectivity index (χ4v) is 3.58. The van der Waals surface area contributed by atoms with Gasteiger partial charge in [-0.05, 0) is 31.9 Å². The van der Waals surface area contributed by atoms with Crippen molar-refractivity contribution >= 4 is 11.8 Å². The molecule has 0 amide bonds. The fraction of sp³-hybridized carbons (Fsp3) is 0.647. The van der Waals surface area contributed by atoms with Crippen LogP contribution in [0.1, 0.15) is 38.8 Å². The first-order chi connectivity index (χ1) is 9.42. The van der Waals surface area contributed by atoms with Crippen molar-refractivity contribution in [3.05, 3.63) is 35.4 Å². The zero-order valence-corrected chi connectivity index (χ0v) is 14.1. The van der Waals surface area contributed by atoms with Gasteiger partial charge < -0.3 is 5.32 Å². The lowest BCUT2D eigenvalue weighted by Crippen LogP contribution is -2.36. The van der Waals surface area contributed by atoms with Gasteiger partial charge in [-0.25, -0.2) is 0 Å². The Hall–Kier alpha value is -0.510. The van der Waals surface area contributed by atoms with Gasteiger partial charge in [-0.3, -0.25) is 4.90 Å². The first kappa shape index (κ1) is 15.9. The van der Waals surface area contributed by atoms with E-state index in [-0.39, 0.29) is 5.54 Å². The molecule has 1 N–H and O–H groups in total. The molecular weight excluding hydrogens is 264 g/mol. The summed E-state index contributed by atoms with van der Waals surface area (Å²) in [7, 11) is 0. The minimum absolute atomic E-state index is 0.176.